The topological polar surface area (TPSA) is 98.3 Å². The van der Waals surface area contributed by atoms with Gasteiger partial charge < -0.3 is 9.47 Å². The van der Waals surface area contributed by atoms with Gasteiger partial charge >= 0.3 is 0 Å². The van der Waals surface area contributed by atoms with E-state index in [0.29, 0.717) is 17.2 Å². The molecule has 2 aromatic carbocycles. The van der Waals surface area contributed by atoms with Crippen LogP contribution in [0.5, 0.6) is 0 Å². The molecule has 166 valence electrons. The number of aryl methyl sites for hydroxylation is 2. The zero-order valence-electron chi connectivity index (χ0n) is 18.0. The van der Waals surface area contributed by atoms with Gasteiger partial charge in [-0.05, 0) is 42.7 Å². The zero-order chi connectivity index (χ0) is 22.6. The molecule has 0 saturated carbocycles. The standard InChI is InChI=1S/C22H28N4O3S2/c1-4-5-12-26-20-11-10-18(31(23,28)29)13-19(20)24-22(26)30-15-21(27)25(3)14-17-9-7-6-8-16(17)2/h6-11,13H,4-5,12,14-15H2,1-3H3,(H2,23,28,29). The van der Waals surface area contributed by atoms with Crippen LogP contribution in [0.15, 0.2) is 52.5 Å². The molecule has 0 unspecified atom stereocenters. The number of imidazole rings is 1. The lowest BCUT2D eigenvalue weighted by atomic mass is 10.1. The maximum Gasteiger partial charge on any atom is 0.238 e. The van der Waals surface area contributed by atoms with E-state index >= 15 is 0 Å². The Bertz CT molecular complexity index is 1190. The largest absolute Gasteiger partial charge is 0.341 e. The lowest BCUT2D eigenvalue weighted by molar-refractivity contribution is -0.127. The molecule has 0 bridgehead atoms. The van der Waals surface area contributed by atoms with Crippen molar-refractivity contribution in [2.24, 2.45) is 5.14 Å². The Kier molecular flexibility index (Phi) is 7.40. The van der Waals surface area contributed by atoms with Gasteiger partial charge in [-0.25, -0.2) is 18.5 Å². The van der Waals surface area contributed by atoms with Gasteiger partial charge in [0.05, 0.1) is 21.7 Å². The minimum atomic E-state index is -3.80. The fraction of sp³-hybridized carbons (Fsp3) is 0.364. The van der Waals surface area contributed by atoms with E-state index < -0.39 is 10.0 Å². The van der Waals surface area contributed by atoms with E-state index in [1.807, 2.05) is 35.8 Å². The number of nitrogens with zero attached hydrogens (tertiary/aromatic N) is 3. The third-order valence-corrected chi connectivity index (χ3v) is 7.04. The minimum Gasteiger partial charge on any atom is -0.341 e. The second-order valence-corrected chi connectivity index (χ2v) is 10.1. The summed E-state index contributed by atoms with van der Waals surface area (Å²) in [6.45, 7) is 5.44. The molecule has 1 aromatic heterocycles. The molecule has 0 spiro atoms. The van der Waals surface area contributed by atoms with Crippen LogP contribution in [-0.4, -0.2) is 41.6 Å². The van der Waals surface area contributed by atoms with E-state index in [0.717, 1.165) is 36.0 Å². The van der Waals surface area contributed by atoms with Crippen molar-refractivity contribution in [1.29, 1.82) is 0 Å². The van der Waals surface area contributed by atoms with Crippen LogP contribution in [0.3, 0.4) is 0 Å². The molecule has 1 amide bonds. The van der Waals surface area contributed by atoms with Gasteiger partial charge in [-0.3, -0.25) is 4.79 Å². The van der Waals surface area contributed by atoms with Gasteiger partial charge in [0.25, 0.3) is 0 Å². The molecule has 0 fully saturated rings. The first-order valence-electron chi connectivity index (χ1n) is 10.1. The van der Waals surface area contributed by atoms with Crippen molar-refractivity contribution >= 4 is 38.7 Å². The number of hydrogen-bond donors (Lipinski definition) is 1. The molecule has 7 nitrogen and oxygen atoms in total. The van der Waals surface area contributed by atoms with E-state index in [4.69, 9.17) is 5.14 Å². The maximum atomic E-state index is 12.7. The van der Waals surface area contributed by atoms with Crippen LogP contribution in [0.2, 0.25) is 0 Å². The van der Waals surface area contributed by atoms with Crippen LogP contribution >= 0.6 is 11.8 Å². The number of rotatable bonds is 9. The van der Waals surface area contributed by atoms with Gasteiger partial charge in [0.2, 0.25) is 15.9 Å². The van der Waals surface area contributed by atoms with Crippen LogP contribution < -0.4 is 5.14 Å². The number of hydrogen-bond acceptors (Lipinski definition) is 5. The van der Waals surface area contributed by atoms with Crippen molar-refractivity contribution in [1.82, 2.24) is 14.5 Å². The highest BCUT2D eigenvalue weighted by atomic mass is 32.2. The van der Waals surface area contributed by atoms with E-state index in [2.05, 4.69) is 11.9 Å². The Labute approximate surface area is 187 Å². The van der Waals surface area contributed by atoms with Crippen molar-refractivity contribution in [3.8, 4) is 0 Å². The molecule has 9 heteroatoms. The third-order valence-electron chi connectivity index (χ3n) is 5.17. The Hall–Kier alpha value is -2.36. The number of primary sulfonamides is 1. The predicted molar refractivity (Wildman–Crippen MR) is 124 cm³/mol. The second-order valence-electron chi connectivity index (χ2n) is 7.56. The Morgan fingerprint density at radius 2 is 1.97 bits per heavy atom. The Balaban J connectivity index is 1.79. The monoisotopic (exact) mass is 460 g/mol. The van der Waals surface area contributed by atoms with Gasteiger partial charge in [-0.1, -0.05) is 49.4 Å². The summed E-state index contributed by atoms with van der Waals surface area (Å²) < 4.78 is 25.4. The van der Waals surface area contributed by atoms with Crippen molar-refractivity contribution < 1.29 is 13.2 Å². The van der Waals surface area contributed by atoms with Crippen molar-refractivity contribution in [2.75, 3.05) is 12.8 Å². The number of carbonyl (C=O) groups is 1. The van der Waals surface area contributed by atoms with E-state index in [1.54, 1.807) is 18.0 Å². The number of aromatic nitrogens is 2. The number of unbranched alkanes of at least 4 members (excludes halogenated alkanes) is 1. The van der Waals surface area contributed by atoms with Crippen molar-refractivity contribution in [3.05, 3.63) is 53.6 Å². The third kappa shape index (κ3) is 5.66. The van der Waals surface area contributed by atoms with Crippen LogP contribution in [0.25, 0.3) is 11.0 Å². The molecule has 2 N–H and O–H groups in total. The number of fused-ring (bicyclic) bond motifs is 1. The summed E-state index contributed by atoms with van der Waals surface area (Å²) in [4.78, 5) is 19.1. The number of nitrogens with two attached hydrogens (primary N) is 1. The summed E-state index contributed by atoms with van der Waals surface area (Å²) in [6, 6.07) is 12.7. The lowest BCUT2D eigenvalue weighted by Gasteiger charge is -2.18. The molecule has 0 aliphatic heterocycles. The molecule has 0 atom stereocenters. The minimum absolute atomic E-state index is 0.00701. The highest BCUT2D eigenvalue weighted by Crippen LogP contribution is 2.27. The summed E-state index contributed by atoms with van der Waals surface area (Å²) >= 11 is 1.37. The molecule has 3 rings (SSSR count). The quantitative estimate of drug-likeness (QED) is 0.493. The summed E-state index contributed by atoms with van der Waals surface area (Å²) in [5.41, 5.74) is 3.67. The average Bonchev–Trinajstić information content (AvgIpc) is 3.08. The summed E-state index contributed by atoms with van der Waals surface area (Å²) in [5.74, 6) is 0.257. The van der Waals surface area contributed by atoms with Gasteiger partial charge in [0.1, 0.15) is 0 Å². The first-order chi connectivity index (χ1) is 14.7. The molecular weight excluding hydrogens is 432 g/mol. The number of benzene rings is 2. The molecule has 1 heterocycles. The van der Waals surface area contributed by atoms with Crippen LogP contribution in [0.4, 0.5) is 0 Å². The Morgan fingerprint density at radius 1 is 1.23 bits per heavy atom. The lowest BCUT2D eigenvalue weighted by Crippen LogP contribution is -2.28. The number of amides is 1. The molecule has 0 aliphatic carbocycles. The molecule has 3 aromatic rings. The molecule has 0 radical (unpaired) electrons. The summed E-state index contributed by atoms with van der Waals surface area (Å²) in [5, 5.41) is 5.96. The van der Waals surface area contributed by atoms with Crippen LogP contribution in [0.1, 0.15) is 30.9 Å². The van der Waals surface area contributed by atoms with Gasteiger partial charge in [-0.15, -0.1) is 0 Å². The van der Waals surface area contributed by atoms with Crippen LogP contribution in [-0.2, 0) is 27.9 Å². The highest BCUT2D eigenvalue weighted by molar-refractivity contribution is 7.99. The fourth-order valence-electron chi connectivity index (χ4n) is 3.27. The second kappa shape index (κ2) is 9.84. The van der Waals surface area contributed by atoms with E-state index in [9.17, 15) is 13.2 Å². The maximum absolute atomic E-state index is 12.7. The van der Waals surface area contributed by atoms with Gasteiger partial charge in [-0.2, -0.15) is 0 Å². The Morgan fingerprint density at radius 3 is 2.65 bits per heavy atom. The zero-order valence-corrected chi connectivity index (χ0v) is 19.7. The highest BCUT2D eigenvalue weighted by Gasteiger charge is 2.17. The first kappa shape index (κ1) is 23.3. The smallest absolute Gasteiger partial charge is 0.238 e. The molecule has 0 aliphatic rings. The summed E-state index contributed by atoms with van der Waals surface area (Å²) in [7, 11) is -2.00. The molecule has 0 saturated heterocycles. The van der Waals surface area contributed by atoms with Crippen molar-refractivity contribution in [3.63, 3.8) is 0 Å². The predicted octanol–water partition coefficient (Wildman–Crippen LogP) is 3.54. The number of thioether (sulfide) groups is 1. The van der Waals surface area contributed by atoms with Crippen LogP contribution in [0, 0.1) is 6.92 Å². The number of sulfonamides is 1. The normalized spacial score (nSPS) is 11.7. The van der Waals surface area contributed by atoms with Crippen molar-refractivity contribution in [2.45, 2.75) is 49.8 Å². The van der Waals surface area contributed by atoms with Gasteiger partial charge in [0, 0.05) is 20.1 Å². The van der Waals surface area contributed by atoms with E-state index in [1.165, 1.54) is 23.9 Å². The molecular formula is C22H28N4O3S2. The first-order valence-corrected chi connectivity index (χ1v) is 12.7. The SMILES string of the molecule is CCCCn1c(SCC(=O)N(C)Cc2ccccc2C)nc2cc(S(N)(=O)=O)ccc21. The fourth-order valence-corrected chi connectivity index (χ4v) is 4.79. The average molecular weight is 461 g/mol. The van der Waals surface area contributed by atoms with Gasteiger partial charge in [0.15, 0.2) is 5.16 Å². The van der Waals surface area contributed by atoms with E-state index in [-0.39, 0.29) is 16.6 Å². The summed E-state index contributed by atoms with van der Waals surface area (Å²) in [6.07, 6.45) is 1.97. The molecule has 31 heavy (non-hydrogen) atoms. The number of carbonyl (C=O) groups excluding carboxylic acids is 1.